The highest BCUT2D eigenvalue weighted by molar-refractivity contribution is 5.62. The Hall–Kier alpha value is -3.21. The van der Waals surface area contributed by atoms with Crippen molar-refractivity contribution in [1.29, 1.82) is 5.26 Å². The van der Waals surface area contributed by atoms with Gasteiger partial charge in [-0.05, 0) is 26.8 Å². The van der Waals surface area contributed by atoms with E-state index in [1.54, 1.807) is 4.52 Å². The molecule has 0 radical (unpaired) electrons. The second kappa shape index (κ2) is 6.26. The summed E-state index contributed by atoms with van der Waals surface area (Å²) in [5.74, 6) is 1.63. The molecule has 4 heterocycles. The summed E-state index contributed by atoms with van der Waals surface area (Å²) < 4.78 is 1.78. The molecule has 0 spiro atoms. The van der Waals surface area contributed by atoms with Crippen LogP contribution in [0.1, 0.15) is 22.6 Å². The molecule has 3 aromatic heterocycles. The van der Waals surface area contributed by atoms with Gasteiger partial charge >= 0.3 is 0 Å². The zero-order valence-corrected chi connectivity index (χ0v) is 15.1. The third kappa shape index (κ3) is 2.71. The molecule has 0 aromatic carbocycles. The Bertz CT molecular complexity index is 1010. The lowest BCUT2D eigenvalue weighted by Crippen LogP contribution is -2.47. The monoisotopic (exact) mass is 348 g/mol. The van der Waals surface area contributed by atoms with Gasteiger partial charge in [-0.15, -0.1) is 0 Å². The molecular weight excluding hydrogens is 328 g/mol. The number of aromatic nitrogens is 5. The maximum Gasteiger partial charge on any atom is 0.254 e. The molecule has 3 aromatic rings. The summed E-state index contributed by atoms with van der Waals surface area (Å²) in [6, 6.07) is 6.36. The van der Waals surface area contributed by atoms with Crippen LogP contribution in [0.2, 0.25) is 0 Å². The van der Waals surface area contributed by atoms with Gasteiger partial charge in [-0.1, -0.05) is 0 Å². The molecule has 4 rings (SSSR count). The van der Waals surface area contributed by atoms with Crippen LogP contribution in [-0.2, 0) is 0 Å². The largest absolute Gasteiger partial charge is 0.367 e. The van der Waals surface area contributed by atoms with Crippen LogP contribution in [0, 0.1) is 32.1 Å². The highest BCUT2D eigenvalue weighted by Crippen LogP contribution is 2.26. The second-order valence-corrected chi connectivity index (χ2v) is 6.56. The summed E-state index contributed by atoms with van der Waals surface area (Å²) in [7, 11) is 0. The van der Waals surface area contributed by atoms with Crippen LogP contribution >= 0.6 is 0 Å². The number of hydrogen-bond donors (Lipinski definition) is 0. The topological polar surface area (TPSA) is 86.2 Å². The zero-order valence-electron chi connectivity index (χ0n) is 15.1. The molecule has 0 bridgehead atoms. The van der Waals surface area contributed by atoms with Crippen LogP contribution in [0.3, 0.4) is 0 Å². The number of piperazine rings is 1. The van der Waals surface area contributed by atoms with Crippen molar-refractivity contribution in [3.63, 3.8) is 0 Å². The molecule has 0 atom stereocenters. The predicted octanol–water partition coefficient (Wildman–Crippen LogP) is 1.64. The Kier molecular flexibility index (Phi) is 3.92. The second-order valence-electron chi connectivity index (χ2n) is 6.56. The van der Waals surface area contributed by atoms with Crippen LogP contribution in [0.25, 0.3) is 5.78 Å². The lowest BCUT2D eigenvalue weighted by molar-refractivity contribution is 0.637. The van der Waals surface area contributed by atoms with Crippen molar-refractivity contribution in [2.24, 2.45) is 0 Å². The van der Waals surface area contributed by atoms with E-state index in [1.165, 1.54) is 6.33 Å². The van der Waals surface area contributed by atoms with E-state index >= 15 is 0 Å². The highest BCUT2D eigenvalue weighted by Gasteiger charge is 2.23. The maximum absolute atomic E-state index is 9.52. The van der Waals surface area contributed by atoms with Gasteiger partial charge in [0.1, 0.15) is 18.2 Å². The van der Waals surface area contributed by atoms with Gasteiger partial charge < -0.3 is 9.80 Å². The number of hydrogen-bond acceptors (Lipinski definition) is 7. The van der Waals surface area contributed by atoms with E-state index in [2.05, 4.69) is 35.9 Å². The third-order valence-electron chi connectivity index (χ3n) is 4.72. The molecule has 0 aliphatic carbocycles. The molecule has 1 aliphatic heterocycles. The fourth-order valence-corrected chi connectivity index (χ4v) is 3.51. The van der Waals surface area contributed by atoms with Crippen molar-refractivity contribution in [3.05, 3.63) is 41.1 Å². The third-order valence-corrected chi connectivity index (χ3v) is 4.72. The van der Waals surface area contributed by atoms with Crippen molar-refractivity contribution in [3.8, 4) is 6.07 Å². The predicted molar refractivity (Wildman–Crippen MR) is 98.4 cm³/mol. The van der Waals surface area contributed by atoms with Crippen molar-refractivity contribution in [2.75, 3.05) is 36.0 Å². The zero-order chi connectivity index (χ0) is 18.3. The van der Waals surface area contributed by atoms with Gasteiger partial charge in [-0.2, -0.15) is 19.9 Å². The van der Waals surface area contributed by atoms with Crippen LogP contribution in [0.15, 0.2) is 18.5 Å². The summed E-state index contributed by atoms with van der Waals surface area (Å²) in [5, 5.41) is 13.8. The molecule has 0 amide bonds. The molecule has 0 saturated carbocycles. The minimum absolute atomic E-state index is 0.620. The maximum atomic E-state index is 9.52. The van der Waals surface area contributed by atoms with E-state index in [-0.39, 0.29) is 0 Å². The SMILES string of the molecule is Cc1cc(N2CCN(c3cc(C)nc4ncnn34)CC2)c(C#N)c(C)n1. The Morgan fingerprint density at radius 2 is 1.65 bits per heavy atom. The number of rotatable bonds is 2. The fourth-order valence-electron chi connectivity index (χ4n) is 3.51. The van der Waals surface area contributed by atoms with E-state index in [0.29, 0.717) is 11.3 Å². The minimum Gasteiger partial charge on any atom is -0.367 e. The molecule has 0 N–H and O–H groups in total. The average molecular weight is 348 g/mol. The number of pyridine rings is 1. The molecule has 8 heteroatoms. The summed E-state index contributed by atoms with van der Waals surface area (Å²) in [5.41, 5.74) is 4.30. The van der Waals surface area contributed by atoms with Gasteiger partial charge in [-0.3, -0.25) is 4.98 Å². The number of nitrogens with zero attached hydrogens (tertiary/aromatic N) is 8. The first-order valence-corrected chi connectivity index (χ1v) is 8.62. The summed E-state index contributed by atoms with van der Waals surface area (Å²) in [6.45, 7) is 9.16. The normalized spacial score (nSPS) is 14.7. The summed E-state index contributed by atoms with van der Waals surface area (Å²) in [6.07, 6.45) is 1.53. The first kappa shape index (κ1) is 16.3. The molecule has 1 saturated heterocycles. The smallest absolute Gasteiger partial charge is 0.254 e. The van der Waals surface area contributed by atoms with Crippen LogP contribution in [0.4, 0.5) is 11.5 Å². The fraction of sp³-hybridized carbons (Fsp3) is 0.389. The molecule has 132 valence electrons. The van der Waals surface area contributed by atoms with Gasteiger partial charge in [0, 0.05) is 43.6 Å². The first-order chi connectivity index (χ1) is 12.6. The first-order valence-electron chi connectivity index (χ1n) is 8.62. The number of nitriles is 1. The number of fused-ring (bicyclic) bond motifs is 1. The van der Waals surface area contributed by atoms with Crippen molar-refractivity contribution < 1.29 is 0 Å². The van der Waals surface area contributed by atoms with E-state index in [1.807, 2.05) is 32.9 Å². The highest BCUT2D eigenvalue weighted by atomic mass is 15.4. The van der Waals surface area contributed by atoms with E-state index in [4.69, 9.17) is 0 Å². The van der Waals surface area contributed by atoms with E-state index in [9.17, 15) is 5.26 Å². The van der Waals surface area contributed by atoms with Gasteiger partial charge in [0.15, 0.2) is 0 Å². The van der Waals surface area contributed by atoms with Crippen LogP contribution < -0.4 is 9.80 Å². The Labute approximate surface area is 151 Å². The van der Waals surface area contributed by atoms with Gasteiger partial charge in [0.2, 0.25) is 0 Å². The Balaban J connectivity index is 1.60. The quantitative estimate of drug-likeness (QED) is 0.696. The molecular formula is C18H20N8. The summed E-state index contributed by atoms with van der Waals surface area (Å²) >= 11 is 0. The van der Waals surface area contributed by atoms with Gasteiger partial charge in [0.05, 0.1) is 16.9 Å². The average Bonchev–Trinajstić information content (AvgIpc) is 3.09. The Morgan fingerprint density at radius 1 is 0.962 bits per heavy atom. The van der Waals surface area contributed by atoms with Crippen molar-refractivity contribution in [2.45, 2.75) is 20.8 Å². The standard InChI is InChI=1S/C18H20N8/c1-12-8-16(15(10-19)14(3)22-12)24-4-6-25(7-5-24)17-9-13(2)23-18-20-11-21-26(17)18/h8-9,11H,4-7H2,1-3H3. The van der Waals surface area contributed by atoms with Crippen molar-refractivity contribution >= 4 is 17.3 Å². The van der Waals surface area contributed by atoms with Crippen LogP contribution in [-0.4, -0.2) is 50.7 Å². The minimum atomic E-state index is 0.620. The van der Waals surface area contributed by atoms with Crippen LogP contribution in [0.5, 0.6) is 0 Å². The molecule has 0 unspecified atom stereocenters. The lowest BCUT2D eigenvalue weighted by Gasteiger charge is -2.37. The molecule has 8 nitrogen and oxygen atoms in total. The van der Waals surface area contributed by atoms with Gasteiger partial charge in [-0.25, -0.2) is 4.98 Å². The van der Waals surface area contributed by atoms with Crippen molar-refractivity contribution in [1.82, 2.24) is 24.6 Å². The Morgan fingerprint density at radius 3 is 2.38 bits per heavy atom. The lowest BCUT2D eigenvalue weighted by atomic mass is 10.1. The molecule has 1 fully saturated rings. The molecule has 26 heavy (non-hydrogen) atoms. The molecule has 1 aliphatic rings. The van der Waals surface area contributed by atoms with E-state index < -0.39 is 0 Å². The summed E-state index contributed by atoms with van der Waals surface area (Å²) in [4.78, 5) is 17.6. The number of anilines is 2. The van der Waals surface area contributed by atoms with Gasteiger partial charge in [0.25, 0.3) is 5.78 Å². The van der Waals surface area contributed by atoms with E-state index in [0.717, 1.165) is 54.8 Å². The number of aryl methyl sites for hydroxylation is 3.